The van der Waals surface area contributed by atoms with Crippen molar-refractivity contribution in [2.45, 2.75) is 64.7 Å². The number of benzene rings is 1. The number of hydrogen-bond acceptors (Lipinski definition) is 6. The third-order valence-corrected chi connectivity index (χ3v) is 7.35. The molecule has 0 amide bonds. The second kappa shape index (κ2) is 15.7. The van der Waals surface area contributed by atoms with Crippen LogP contribution in [0.3, 0.4) is 0 Å². The van der Waals surface area contributed by atoms with Crippen LogP contribution in [0.4, 0.5) is 0 Å². The molecule has 1 atom stereocenters. The monoisotopic (exact) mass is 490 g/mol. The van der Waals surface area contributed by atoms with Crippen LogP contribution in [0, 0.1) is 28.6 Å². The van der Waals surface area contributed by atoms with E-state index in [1.807, 2.05) is 25.3 Å². The molecular formula is C30H42N4O2. The first-order valence-electron chi connectivity index (χ1n) is 12.9. The number of hydrogen-bond donors (Lipinski definition) is 2. The molecule has 0 saturated heterocycles. The highest BCUT2D eigenvalue weighted by atomic mass is 16.8. The summed E-state index contributed by atoms with van der Waals surface area (Å²) in [6.07, 6.45) is 19.8. The van der Waals surface area contributed by atoms with Crippen molar-refractivity contribution in [3.63, 3.8) is 0 Å². The normalized spacial score (nSPS) is 17.5. The number of nitrogens with zero attached hydrogens (tertiary/aromatic N) is 2. The van der Waals surface area contributed by atoms with E-state index in [1.54, 1.807) is 6.08 Å². The molecule has 1 aromatic carbocycles. The fourth-order valence-corrected chi connectivity index (χ4v) is 5.04. The summed E-state index contributed by atoms with van der Waals surface area (Å²) in [6.45, 7) is 11.2. The maximum atomic E-state index is 10.3. The number of terminal acetylenes is 1. The SMILES string of the molecule is C#CC(CCNON=O)(CCC1CCCCC1)C/C(CNC(=C)/C(C)=c1\cccc\c1=C\C=C)=N\C. The Balaban J connectivity index is 2.13. The second-order valence-corrected chi connectivity index (χ2v) is 9.69. The highest BCUT2D eigenvalue weighted by Crippen LogP contribution is 2.37. The smallest absolute Gasteiger partial charge is 0.176 e. The van der Waals surface area contributed by atoms with Gasteiger partial charge in [-0.2, -0.15) is 0 Å². The van der Waals surface area contributed by atoms with Gasteiger partial charge in [0.25, 0.3) is 0 Å². The lowest BCUT2D eigenvalue weighted by Gasteiger charge is -2.32. The molecule has 36 heavy (non-hydrogen) atoms. The molecular weight excluding hydrogens is 448 g/mol. The fraction of sp³-hybridized carbons (Fsp3) is 0.500. The number of hydroxylamine groups is 1. The van der Waals surface area contributed by atoms with Crippen molar-refractivity contribution >= 4 is 17.4 Å². The van der Waals surface area contributed by atoms with Crippen molar-refractivity contribution in [1.29, 1.82) is 0 Å². The van der Waals surface area contributed by atoms with Gasteiger partial charge in [-0.25, -0.2) is 0 Å². The summed E-state index contributed by atoms with van der Waals surface area (Å²) in [5.74, 6) is 3.83. The summed E-state index contributed by atoms with van der Waals surface area (Å²) in [6, 6.07) is 8.20. The Bertz CT molecular complexity index is 1060. The van der Waals surface area contributed by atoms with Gasteiger partial charge in [-0.3, -0.25) is 9.93 Å². The molecule has 2 rings (SSSR count). The second-order valence-electron chi connectivity index (χ2n) is 9.69. The maximum Gasteiger partial charge on any atom is 0.176 e. The third kappa shape index (κ3) is 9.13. The van der Waals surface area contributed by atoms with E-state index in [9.17, 15) is 4.91 Å². The van der Waals surface area contributed by atoms with Crippen LogP contribution in [0.2, 0.25) is 0 Å². The van der Waals surface area contributed by atoms with Gasteiger partial charge in [0.15, 0.2) is 5.34 Å². The Labute approximate surface area is 216 Å². The van der Waals surface area contributed by atoms with Crippen LogP contribution in [0.5, 0.6) is 0 Å². The first kappa shape index (κ1) is 29.1. The van der Waals surface area contributed by atoms with E-state index in [2.05, 4.69) is 64.2 Å². The average Bonchev–Trinajstić information content (AvgIpc) is 2.92. The molecule has 6 nitrogen and oxygen atoms in total. The van der Waals surface area contributed by atoms with Crippen LogP contribution in [-0.2, 0) is 4.94 Å². The van der Waals surface area contributed by atoms with Gasteiger partial charge in [0, 0.05) is 36.8 Å². The Kier molecular flexibility index (Phi) is 12.7. The van der Waals surface area contributed by atoms with Crippen LogP contribution in [0.1, 0.15) is 64.7 Å². The van der Waals surface area contributed by atoms with Crippen LogP contribution < -0.4 is 21.2 Å². The molecule has 1 unspecified atom stereocenters. The Morgan fingerprint density at radius 1 is 1.28 bits per heavy atom. The molecule has 0 aliphatic heterocycles. The van der Waals surface area contributed by atoms with E-state index in [4.69, 9.17) is 6.42 Å². The largest absolute Gasteiger partial charge is 0.380 e. The van der Waals surface area contributed by atoms with E-state index in [0.29, 0.717) is 25.9 Å². The Morgan fingerprint density at radius 3 is 2.69 bits per heavy atom. The molecule has 194 valence electrons. The molecule has 1 aromatic rings. The van der Waals surface area contributed by atoms with Gasteiger partial charge in [0.1, 0.15) is 0 Å². The lowest BCUT2D eigenvalue weighted by atomic mass is 9.73. The number of allylic oxidation sites excluding steroid dienone is 2. The molecule has 6 heteroatoms. The zero-order valence-corrected chi connectivity index (χ0v) is 22.0. The Morgan fingerprint density at radius 2 is 2.03 bits per heavy atom. The zero-order chi connectivity index (χ0) is 26.2. The molecule has 0 bridgehead atoms. The quantitative estimate of drug-likeness (QED) is 0.120. The van der Waals surface area contributed by atoms with E-state index < -0.39 is 0 Å². The summed E-state index contributed by atoms with van der Waals surface area (Å²) in [4.78, 5) is 19.3. The molecule has 1 saturated carbocycles. The summed E-state index contributed by atoms with van der Waals surface area (Å²) in [5, 5.41) is 8.10. The third-order valence-electron chi connectivity index (χ3n) is 7.35. The summed E-state index contributed by atoms with van der Waals surface area (Å²) >= 11 is 0. The lowest BCUT2D eigenvalue weighted by Crippen LogP contribution is -2.33. The minimum atomic E-state index is -0.376. The van der Waals surface area contributed by atoms with Crippen molar-refractivity contribution in [3.8, 4) is 12.3 Å². The highest BCUT2D eigenvalue weighted by Gasteiger charge is 2.30. The van der Waals surface area contributed by atoms with E-state index in [1.165, 1.54) is 32.1 Å². The molecule has 1 aliphatic carbocycles. The van der Waals surface area contributed by atoms with Gasteiger partial charge in [-0.1, -0.05) is 87.6 Å². The van der Waals surface area contributed by atoms with Crippen LogP contribution in [-0.4, -0.2) is 25.8 Å². The highest BCUT2D eigenvalue weighted by molar-refractivity contribution is 5.87. The minimum absolute atomic E-state index is 0.376. The van der Waals surface area contributed by atoms with Gasteiger partial charge in [0.05, 0.1) is 6.54 Å². The topological polar surface area (TPSA) is 75.1 Å². The zero-order valence-electron chi connectivity index (χ0n) is 22.0. The fourth-order valence-electron chi connectivity index (χ4n) is 5.04. The van der Waals surface area contributed by atoms with Gasteiger partial charge in [-0.15, -0.1) is 16.8 Å². The predicted octanol–water partition coefficient (Wildman–Crippen LogP) is 4.96. The van der Waals surface area contributed by atoms with Crippen molar-refractivity contribution < 1.29 is 4.94 Å². The summed E-state index contributed by atoms with van der Waals surface area (Å²) in [5.41, 5.74) is 5.13. The van der Waals surface area contributed by atoms with Gasteiger partial charge in [-0.05, 0) is 48.1 Å². The predicted molar refractivity (Wildman–Crippen MR) is 151 cm³/mol. The van der Waals surface area contributed by atoms with Crippen LogP contribution >= 0.6 is 0 Å². The molecule has 1 aliphatic rings. The summed E-state index contributed by atoms with van der Waals surface area (Å²) in [7, 11) is 1.81. The first-order valence-corrected chi connectivity index (χ1v) is 12.9. The van der Waals surface area contributed by atoms with Crippen LogP contribution in [0.15, 0.2) is 59.5 Å². The molecule has 0 spiro atoms. The summed E-state index contributed by atoms with van der Waals surface area (Å²) < 4.78 is 0. The van der Waals surface area contributed by atoms with Crippen molar-refractivity contribution in [2.75, 3.05) is 20.1 Å². The van der Waals surface area contributed by atoms with Crippen LogP contribution in [0.25, 0.3) is 11.6 Å². The number of nitrogens with one attached hydrogen (secondary N) is 2. The molecule has 0 radical (unpaired) electrons. The van der Waals surface area contributed by atoms with Gasteiger partial charge >= 0.3 is 0 Å². The van der Waals surface area contributed by atoms with Gasteiger partial charge in [0.2, 0.25) is 0 Å². The standard InChI is InChI=1S/C30H42N4O2/c1-6-13-27-16-11-12-17-29(27)24(3)25(4)32-23-28(31-5)22-30(7-2,20-21-33-36-34-35)19-18-26-14-9-8-10-15-26/h2,6,11-13,16-17,26,32-33H,1,4,8-10,14-15,18-23H2,3,5H3/b27-13-,29-24+,31-28+. The Hall–Kier alpha value is -3.17. The molecule has 1 fully saturated rings. The van der Waals surface area contributed by atoms with Crippen molar-refractivity contribution in [1.82, 2.24) is 10.8 Å². The average molecular weight is 491 g/mol. The maximum absolute atomic E-state index is 10.3. The molecule has 0 heterocycles. The first-order chi connectivity index (χ1) is 17.5. The lowest BCUT2D eigenvalue weighted by molar-refractivity contribution is 0.0367. The van der Waals surface area contributed by atoms with E-state index in [0.717, 1.165) is 46.2 Å². The molecule has 0 aromatic heterocycles. The molecule has 2 N–H and O–H groups in total. The van der Waals surface area contributed by atoms with Crippen molar-refractivity contribution in [2.24, 2.45) is 21.7 Å². The van der Waals surface area contributed by atoms with E-state index in [-0.39, 0.29) is 5.41 Å². The number of aliphatic imine (C=N–C) groups is 1. The van der Waals surface area contributed by atoms with Crippen molar-refractivity contribution in [3.05, 3.63) is 64.5 Å². The van der Waals surface area contributed by atoms with E-state index >= 15 is 0 Å². The minimum Gasteiger partial charge on any atom is -0.380 e. The van der Waals surface area contributed by atoms with Gasteiger partial charge < -0.3 is 5.32 Å². The number of rotatable bonds is 15.